The lowest BCUT2D eigenvalue weighted by Crippen LogP contribution is -2.68. The summed E-state index contributed by atoms with van der Waals surface area (Å²) in [6.07, 6.45) is 1.06. The summed E-state index contributed by atoms with van der Waals surface area (Å²) in [7, 11) is 0. The van der Waals surface area contributed by atoms with E-state index >= 15 is 0 Å². The minimum atomic E-state index is -0.986. The predicted octanol–water partition coefficient (Wildman–Crippen LogP) is 4.18. The first kappa shape index (κ1) is 19.9. The average Bonchev–Trinajstić information content (AvgIpc) is 2.65. The Kier molecular flexibility index (Phi) is 5.36. The Labute approximate surface area is 177 Å². The van der Waals surface area contributed by atoms with Crippen LogP contribution in [0.15, 0.2) is 59.1 Å². The largest absolute Gasteiger partial charge is 0.480 e. The summed E-state index contributed by atoms with van der Waals surface area (Å²) in [4.78, 5) is 25.1. The van der Waals surface area contributed by atoms with Gasteiger partial charge in [-0.1, -0.05) is 58.4 Å². The van der Waals surface area contributed by atoms with Crippen molar-refractivity contribution in [1.29, 1.82) is 0 Å². The lowest BCUT2D eigenvalue weighted by Gasteiger charge is -2.63. The molecule has 2 fully saturated rings. The molecule has 4 rings (SSSR count). The van der Waals surface area contributed by atoms with E-state index in [0.29, 0.717) is 25.9 Å². The fraction of sp³-hybridized carbons (Fsp3) is 0.364. The monoisotopic (exact) mass is 459 g/mol. The van der Waals surface area contributed by atoms with E-state index in [0.717, 1.165) is 15.6 Å². The van der Waals surface area contributed by atoms with Gasteiger partial charge in [-0.3, -0.25) is 0 Å². The van der Waals surface area contributed by atoms with Crippen molar-refractivity contribution in [2.24, 2.45) is 5.41 Å². The quantitative estimate of drug-likeness (QED) is 0.700. The maximum atomic E-state index is 12.3. The normalized spacial score (nSPS) is 18.6. The lowest BCUT2D eigenvalue weighted by molar-refractivity contribution is -0.219. The Balaban J connectivity index is 1.35. The Morgan fingerprint density at radius 1 is 1.07 bits per heavy atom. The Morgan fingerprint density at radius 2 is 1.79 bits per heavy atom. The van der Waals surface area contributed by atoms with Crippen LogP contribution in [0.3, 0.4) is 0 Å². The van der Waals surface area contributed by atoms with Gasteiger partial charge in [0.05, 0.1) is 5.60 Å². The van der Waals surface area contributed by atoms with Gasteiger partial charge in [0.1, 0.15) is 13.2 Å². The molecule has 6 nitrogen and oxygen atoms in total. The first-order chi connectivity index (χ1) is 13.9. The Morgan fingerprint density at radius 3 is 2.45 bits per heavy atom. The maximum absolute atomic E-state index is 12.3. The minimum absolute atomic E-state index is 0.0351. The average molecular weight is 460 g/mol. The van der Waals surface area contributed by atoms with Crippen LogP contribution in [0.1, 0.15) is 24.0 Å². The third-order valence-electron chi connectivity index (χ3n) is 5.66. The standard InChI is InChI=1S/C22H22BrNO5/c23-18-8-4-7-17(9-18)22(29-11-19(25)26)12-21(13-22)14-24(15-21)20(27)28-10-16-5-2-1-3-6-16/h1-9H,10-15H2,(H,25,26). The number of carboxylic acid groups (broad SMARTS) is 1. The van der Waals surface area contributed by atoms with Crippen molar-refractivity contribution < 1.29 is 24.2 Å². The molecule has 1 heterocycles. The summed E-state index contributed by atoms with van der Waals surface area (Å²) in [5, 5.41) is 9.06. The molecule has 1 amide bonds. The minimum Gasteiger partial charge on any atom is -0.480 e. The molecule has 1 spiro atoms. The van der Waals surface area contributed by atoms with Crippen molar-refractivity contribution in [3.05, 3.63) is 70.2 Å². The van der Waals surface area contributed by atoms with Crippen molar-refractivity contribution in [3.63, 3.8) is 0 Å². The zero-order valence-corrected chi connectivity index (χ0v) is 17.4. The van der Waals surface area contributed by atoms with E-state index in [9.17, 15) is 9.59 Å². The van der Waals surface area contributed by atoms with Gasteiger partial charge >= 0.3 is 12.1 Å². The molecule has 1 saturated heterocycles. The van der Waals surface area contributed by atoms with Gasteiger partial charge in [-0.05, 0) is 36.1 Å². The smallest absolute Gasteiger partial charge is 0.410 e. The number of carbonyl (C=O) groups is 2. The molecule has 2 aromatic rings. The van der Waals surface area contributed by atoms with Crippen LogP contribution in [-0.4, -0.2) is 41.8 Å². The van der Waals surface area contributed by atoms with E-state index in [2.05, 4.69) is 15.9 Å². The summed E-state index contributed by atoms with van der Waals surface area (Å²) >= 11 is 3.47. The van der Waals surface area contributed by atoms with Crippen molar-refractivity contribution in [3.8, 4) is 0 Å². The molecular weight excluding hydrogens is 438 g/mol. The van der Waals surface area contributed by atoms with E-state index in [1.807, 2.05) is 54.6 Å². The fourth-order valence-corrected chi connectivity index (χ4v) is 4.85. The second kappa shape index (κ2) is 7.80. The zero-order chi connectivity index (χ0) is 20.5. The predicted molar refractivity (Wildman–Crippen MR) is 109 cm³/mol. The number of benzene rings is 2. The summed E-state index contributed by atoms with van der Waals surface area (Å²) in [6, 6.07) is 17.4. The highest BCUT2D eigenvalue weighted by atomic mass is 79.9. The first-order valence-electron chi connectivity index (χ1n) is 9.47. The molecule has 1 aliphatic heterocycles. The maximum Gasteiger partial charge on any atom is 0.410 e. The second-order valence-electron chi connectivity index (χ2n) is 7.94. The summed E-state index contributed by atoms with van der Waals surface area (Å²) in [5.41, 5.74) is 1.26. The van der Waals surface area contributed by atoms with Gasteiger partial charge in [0.15, 0.2) is 0 Å². The highest BCUT2D eigenvalue weighted by Crippen LogP contribution is 2.60. The van der Waals surface area contributed by atoms with E-state index in [-0.39, 0.29) is 24.7 Å². The van der Waals surface area contributed by atoms with Crippen LogP contribution >= 0.6 is 15.9 Å². The number of aliphatic carboxylic acids is 1. The first-order valence-corrected chi connectivity index (χ1v) is 10.3. The number of carboxylic acids is 1. The molecule has 0 bridgehead atoms. The molecule has 7 heteroatoms. The van der Waals surface area contributed by atoms with Crippen LogP contribution in [0.25, 0.3) is 0 Å². The fourth-order valence-electron chi connectivity index (χ4n) is 4.45. The second-order valence-corrected chi connectivity index (χ2v) is 8.85. The number of likely N-dealkylation sites (tertiary alicyclic amines) is 1. The lowest BCUT2D eigenvalue weighted by atomic mass is 9.53. The number of hydrogen-bond donors (Lipinski definition) is 1. The topological polar surface area (TPSA) is 76.1 Å². The third kappa shape index (κ3) is 4.16. The number of amides is 1. The van der Waals surface area contributed by atoms with Crippen molar-refractivity contribution in [1.82, 2.24) is 4.90 Å². The van der Waals surface area contributed by atoms with Crippen LogP contribution < -0.4 is 0 Å². The van der Waals surface area contributed by atoms with Crippen LogP contribution in [-0.2, 0) is 26.5 Å². The van der Waals surface area contributed by atoms with E-state index in [1.54, 1.807) is 4.90 Å². The van der Waals surface area contributed by atoms with Gasteiger partial charge in [-0.2, -0.15) is 0 Å². The van der Waals surface area contributed by atoms with Crippen LogP contribution in [0, 0.1) is 5.41 Å². The SMILES string of the molecule is O=C(O)COC1(c2cccc(Br)c2)CC2(CN(C(=O)OCc3ccccc3)C2)C1. The van der Waals surface area contributed by atoms with Gasteiger partial charge in [-0.15, -0.1) is 0 Å². The molecule has 1 aliphatic carbocycles. The molecular formula is C22H22BrNO5. The molecule has 152 valence electrons. The highest BCUT2D eigenvalue weighted by Gasteiger charge is 2.62. The number of rotatable bonds is 6. The van der Waals surface area contributed by atoms with Crippen LogP contribution in [0.2, 0.25) is 0 Å². The zero-order valence-electron chi connectivity index (χ0n) is 15.8. The van der Waals surface area contributed by atoms with Crippen molar-refractivity contribution in [2.75, 3.05) is 19.7 Å². The highest BCUT2D eigenvalue weighted by molar-refractivity contribution is 9.10. The number of ether oxygens (including phenoxy) is 2. The third-order valence-corrected chi connectivity index (χ3v) is 6.15. The van der Waals surface area contributed by atoms with E-state index < -0.39 is 11.6 Å². The van der Waals surface area contributed by atoms with Crippen LogP contribution in [0.4, 0.5) is 4.79 Å². The number of nitrogens with zero attached hydrogens (tertiary/aromatic N) is 1. The summed E-state index contributed by atoms with van der Waals surface area (Å²) in [5.74, 6) is -0.986. The molecule has 0 unspecified atom stereocenters. The Bertz CT molecular complexity index is 902. The summed E-state index contributed by atoms with van der Waals surface area (Å²) < 4.78 is 12.2. The van der Waals surface area contributed by atoms with Gasteiger partial charge in [0.25, 0.3) is 0 Å². The van der Waals surface area contributed by atoms with Gasteiger partial charge in [0, 0.05) is 23.0 Å². The van der Waals surface area contributed by atoms with Crippen LogP contribution in [0.5, 0.6) is 0 Å². The summed E-state index contributed by atoms with van der Waals surface area (Å²) in [6.45, 7) is 1.12. The Hall–Kier alpha value is -2.38. The van der Waals surface area contributed by atoms with Crippen molar-refractivity contribution in [2.45, 2.75) is 25.0 Å². The molecule has 1 saturated carbocycles. The molecule has 2 aromatic carbocycles. The van der Waals surface area contributed by atoms with E-state index in [4.69, 9.17) is 14.6 Å². The molecule has 0 atom stereocenters. The number of carbonyl (C=O) groups excluding carboxylic acids is 1. The molecule has 1 N–H and O–H groups in total. The number of hydrogen-bond acceptors (Lipinski definition) is 4. The van der Waals surface area contributed by atoms with Gasteiger partial charge in [-0.25, -0.2) is 9.59 Å². The molecule has 2 aliphatic rings. The van der Waals surface area contributed by atoms with Crippen molar-refractivity contribution >= 4 is 28.0 Å². The van der Waals surface area contributed by atoms with Gasteiger partial charge < -0.3 is 19.5 Å². The van der Waals surface area contributed by atoms with E-state index in [1.165, 1.54) is 0 Å². The molecule has 29 heavy (non-hydrogen) atoms. The number of halogens is 1. The molecule has 0 radical (unpaired) electrons. The molecule has 0 aromatic heterocycles. The van der Waals surface area contributed by atoms with Gasteiger partial charge in [0.2, 0.25) is 0 Å².